The van der Waals surface area contributed by atoms with Crippen molar-refractivity contribution in [2.75, 3.05) is 51.8 Å². The van der Waals surface area contributed by atoms with Crippen molar-refractivity contribution in [1.82, 2.24) is 31.5 Å². The van der Waals surface area contributed by atoms with Gasteiger partial charge in [-0.3, -0.25) is 33.7 Å². The summed E-state index contributed by atoms with van der Waals surface area (Å²) in [7, 11) is 1.41. The molecule has 1 aromatic carbocycles. The third kappa shape index (κ3) is 15.4. The molecule has 0 saturated carbocycles. The lowest BCUT2D eigenvalue weighted by Crippen LogP contribution is -2.54. The van der Waals surface area contributed by atoms with Gasteiger partial charge in [0.05, 0.1) is 13.2 Å². The number of alkyl carbamates (subject to hydrolysis) is 1. The highest BCUT2D eigenvalue weighted by atomic mass is 16.6. The Kier molecular flexibility index (Phi) is 18.1. The molecular formula is C33H48N8O11. The molecule has 0 radical (unpaired) electrons. The second-order valence-corrected chi connectivity index (χ2v) is 11.8. The normalized spacial score (nSPS) is 13.2. The van der Waals surface area contributed by atoms with Crippen molar-refractivity contribution < 1.29 is 52.6 Å². The van der Waals surface area contributed by atoms with E-state index in [4.69, 9.17) is 19.9 Å². The molecule has 19 nitrogen and oxygen atoms in total. The van der Waals surface area contributed by atoms with Crippen LogP contribution < -0.4 is 42.4 Å². The van der Waals surface area contributed by atoms with Crippen molar-refractivity contribution in [2.45, 2.75) is 58.7 Å². The number of hydrogen-bond acceptors (Lipinski definition) is 11. The maximum Gasteiger partial charge on any atom is 0.407 e. The van der Waals surface area contributed by atoms with Gasteiger partial charge in [0.15, 0.2) is 0 Å². The second-order valence-electron chi connectivity index (χ2n) is 11.8. The fourth-order valence-corrected chi connectivity index (χ4v) is 4.66. The predicted octanol–water partition coefficient (Wildman–Crippen LogP) is -0.598. The number of rotatable bonds is 22. The highest BCUT2D eigenvalue weighted by Gasteiger charge is 2.28. The number of ether oxygens (including phenoxy) is 3. The van der Waals surface area contributed by atoms with Gasteiger partial charge in [0.1, 0.15) is 31.0 Å². The van der Waals surface area contributed by atoms with Gasteiger partial charge in [0.2, 0.25) is 23.6 Å². The Bertz CT molecular complexity index is 1470. The Hall–Kier alpha value is -5.72. The van der Waals surface area contributed by atoms with Crippen LogP contribution in [0, 0.1) is 5.92 Å². The van der Waals surface area contributed by atoms with E-state index in [1.54, 1.807) is 26.0 Å². The molecule has 286 valence electrons. The summed E-state index contributed by atoms with van der Waals surface area (Å²) in [6.07, 6.45) is 1.99. The number of carbonyl (C=O) groups excluding carboxylic acids is 8. The first-order chi connectivity index (χ1) is 24.7. The van der Waals surface area contributed by atoms with Crippen LogP contribution in [0.4, 0.5) is 15.3 Å². The fourth-order valence-electron chi connectivity index (χ4n) is 4.66. The number of primary amides is 1. The standard InChI is InChI=1S/C33H48N8O11/c1-20(2)29(38-21(3)42)31(47)40-24(6-5-12-37-32(34)48)30(46)39-23-8-7-22(19-52-33(49)35-4)25(18-23)51-17-16-50-15-13-36-26(43)11-14-41-27(44)9-10-28(41)45/h7-10,18,20,24,29H,5-6,11-17,19H2,1-4H3,(H,35,49)(H,36,43)(H,38,42)(H,39,46)(H,40,47)(H3,34,37,48)/t24-,29-/m0/s1. The number of nitrogens with one attached hydrogen (secondary N) is 6. The van der Waals surface area contributed by atoms with Gasteiger partial charge in [-0.25, -0.2) is 9.59 Å². The van der Waals surface area contributed by atoms with Crippen LogP contribution in [0.2, 0.25) is 0 Å². The summed E-state index contributed by atoms with van der Waals surface area (Å²) in [6, 6.07) is 1.95. The van der Waals surface area contributed by atoms with E-state index in [1.165, 1.54) is 20.0 Å². The van der Waals surface area contributed by atoms with Crippen molar-refractivity contribution in [3.05, 3.63) is 35.9 Å². The van der Waals surface area contributed by atoms with Gasteiger partial charge in [-0.05, 0) is 30.9 Å². The van der Waals surface area contributed by atoms with Gasteiger partial charge in [-0.1, -0.05) is 13.8 Å². The molecule has 0 aliphatic carbocycles. The third-order valence-corrected chi connectivity index (χ3v) is 7.32. The SMILES string of the molecule is CNC(=O)OCc1ccc(NC(=O)[C@H](CCCNC(N)=O)NC(=O)[C@@H](NC(C)=O)C(C)C)cc1OCCOCCNC(=O)CCN1C(=O)C=CC1=O. The molecule has 0 aromatic heterocycles. The van der Waals surface area contributed by atoms with Crippen LogP contribution in [0.1, 0.15) is 45.6 Å². The molecular weight excluding hydrogens is 684 g/mol. The quantitative estimate of drug-likeness (QED) is 0.0585. The molecule has 19 heteroatoms. The first-order valence-electron chi connectivity index (χ1n) is 16.6. The van der Waals surface area contributed by atoms with Crippen LogP contribution in [-0.4, -0.2) is 111 Å². The number of hydrogen-bond donors (Lipinski definition) is 7. The number of carbonyl (C=O) groups is 8. The smallest absolute Gasteiger partial charge is 0.407 e. The van der Waals surface area contributed by atoms with Crippen LogP contribution in [0.25, 0.3) is 0 Å². The number of amides is 9. The minimum atomic E-state index is -1.06. The highest BCUT2D eigenvalue weighted by Crippen LogP contribution is 2.25. The summed E-state index contributed by atoms with van der Waals surface area (Å²) in [4.78, 5) is 97.3. The summed E-state index contributed by atoms with van der Waals surface area (Å²) in [6.45, 7) is 5.19. The molecule has 0 saturated heterocycles. The van der Waals surface area contributed by atoms with Gasteiger partial charge in [0.25, 0.3) is 11.8 Å². The van der Waals surface area contributed by atoms with Crippen molar-refractivity contribution in [2.24, 2.45) is 11.7 Å². The first-order valence-corrected chi connectivity index (χ1v) is 16.6. The van der Waals surface area contributed by atoms with Crippen LogP contribution in [-0.2, 0) is 44.8 Å². The van der Waals surface area contributed by atoms with Gasteiger partial charge in [0, 0.05) is 69.5 Å². The van der Waals surface area contributed by atoms with Crippen LogP contribution in [0.3, 0.4) is 0 Å². The Labute approximate surface area is 301 Å². The van der Waals surface area contributed by atoms with E-state index < -0.39 is 53.7 Å². The van der Waals surface area contributed by atoms with E-state index in [0.717, 1.165) is 17.1 Å². The largest absolute Gasteiger partial charge is 0.491 e. The molecule has 1 aliphatic rings. The zero-order valence-electron chi connectivity index (χ0n) is 29.7. The molecule has 1 aromatic rings. The number of nitrogens with zero attached hydrogens (tertiary/aromatic N) is 1. The summed E-state index contributed by atoms with van der Waals surface area (Å²) in [5, 5.41) is 15.4. The van der Waals surface area contributed by atoms with E-state index in [-0.39, 0.29) is 82.2 Å². The molecule has 0 fully saturated rings. The third-order valence-electron chi connectivity index (χ3n) is 7.32. The van der Waals surface area contributed by atoms with E-state index in [2.05, 4.69) is 31.9 Å². The minimum Gasteiger partial charge on any atom is -0.491 e. The minimum absolute atomic E-state index is 0.0301. The van der Waals surface area contributed by atoms with E-state index >= 15 is 0 Å². The average Bonchev–Trinajstić information content (AvgIpc) is 3.41. The van der Waals surface area contributed by atoms with Crippen LogP contribution in [0.5, 0.6) is 5.75 Å². The lowest BCUT2D eigenvalue weighted by molar-refractivity contribution is -0.137. The monoisotopic (exact) mass is 732 g/mol. The molecule has 0 unspecified atom stereocenters. The van der Waals surface area contributed by atoms with Crippen molar-refractivity contribution in [1.29, 1.82) is 0 Å². The highest BCUT2D eigenvalue weighted by molar-refractivity contribution is 6.13. The molecule has 0 spiro atoms. The number of anilines is 1. The van der Waals surface area contributed by atoms with Crippen molar-refractivity contribution in [3.63, 3.8) is 0 Å². The predicted molar refractivity (Wildman–Crippen MR) is 185 cm³/mol. The molecule has 0 bridgehead atoms. The molecule has 8 N–H and O–H groups in total. The van der Waals surface area contributed by atoms with E-state index in [9.17, 15) is 38.4 Å². The van der Waals surface area contributed by atoms with Crippen molar-refractivity contribution in [3.8, 4) is 5.75 Å². The van der Waals surface area contributed by atoms with E-state index in [1.807, 2.05) is 0 Å². The number of imide groups is 1. The van der Waals surface area contributed by atoms with Crippen molar-refractivity contribution >= 4 is 53.3 Å². The maximum atomic E-state index is 13.5. The Balaban J connectivity index is 2.02. The first kappa shape index (κ1) is 42.4. The Morgan fingerprint density at radius 3 is 2.25 bits per heavy atom. The summed E-state index contributed by atoms with van der Waals surface area (Å²) < 4.78 is 16.6. The van der Waals surface area contributed by atoms with Crippen LogP contribution >= 0.6 is 0 Å². The lowest BCUT2D eigenvalue weighted by Gasteiger charge is -2.25. The molecule has 2 atom stereocenters. The van der Waals surface area contributed by atoms with Gasteiger partial charge < -0.3 is 51.8 Å². The van der Waals surface area contributed by atoms with E-state index in [0.29, 0.717) is 12.0 Å². The van der Waals surface area contributed by atoms with Gasteiger partial charge in [-0.15, -0.1) is 0 Å². The maximum absolute atomic E-state index is 13.5. The number of nitrogens with two attached hydrogens (primary N) is 1. The Morgan fingerprint density at radius 2 is 1.62 bits per heavy atom. The molecule has 2 rings (SSSR count). The Morgan fingerprint density at radius 1 is 0.904 bits per heavy atom. The molecule has 1 heterocycles. The van der Waals surface area contributed by atoms with Crippen LogP contribution in [0.15, 0.2) is 30.4 Å². The second kappa shape index (κ2) is 22.2. The van der Waals surface area contributed by atoms with Gasteiger partial charge >= 0.3 is 12.1 Å². The average molecular weight is 733 g/mol. The fraction of sp³-hybridized carbons (Fsp3) is 0.515. The molecule has 9 amide bonds. The zero-order chi connectivity index (χ0) is 38.6. The number of benzene rings is 1. The summed E-state index contributed by atoms with van der Waals surface area (Å²) >= 11 is 0. The lowest BCUT2D eigenvalue weighted by atomic mass is 10.0. The summed E-state index contributed by atoms with van der Waals surface area (Å²) in [5.74, 6) is -2.86. The number of urea groups is 1. The topological polar surface area (TPSA) is 266 Å². The molecule has 52 heavy (non-hydrogen) atoms. The summed E-state index contributed by atoms with van der Waals surface area (Å²) in [5.41, 5.74) is 5.89. The van der Waals surface area contributed by atoms with Gasteiger partial charge in [-0.2, -0.15) is 0 Å². The molecule has 1 aliphatic heterocycles. The zero-order valence-corrected chi connectivity index (χ0v) is 29.7.